The molecule has 4 heteroatoms. The zero-order chi connectivity index (χ0) is 13.2. The van der Waals surface area contributed by atoms with Crippen molar-refractivity contribution in [3.05, 3.63) is 48.7 Å². The van der Waals surface area contributed by atoms with Gasteiger partial charge in [0, 0.05) is 12.8 Å². The molecule has 0 fully saturated rings. The van der Waals surface area contributed by atoms with Crippen LogP contribution >= 0.6 is 0 Å². The third kappa shape index (κ3) is 6.70. The molecule has 1 atom stereocenters. The van der Waals surface area contributed by atoms with Crippen molar-refractivity contribution in [1.82, 2.24) is 10.7 Å². The molecule has 0 amide bonds. The summed E-state index contributed by atoms with van der Waals surface area (Å²) in [5.41, 5.74) is 3.76. The van der Waals surface area contributed by atoms with Crippen LogP contribution in [0.1, 0.15) is 20.3 Å². The summed E-state index contributed by atoms with van der Waals surface area (Å²) in [5.74, 6) is 0.785. The number of hydrogen-bond acceptors (Lipinski definition) is 4. The lowest BCUT2D eigenvalue weighted by molar-refractivity contribution is 0.0980. The molecule has 0 aromatic rings. The van der Waals surface area contributed by atoms with Crippen molar-refractivity contribution in [2.75, 3.05) is 6.61 Å². The van der Waals surface area contributed by atoms with Crippen LogP contribution < -0.4 is 10.7 Å². The second kappa shape index (κ2) is 8.31. The molecule has 98 valence electrons. The Hall–Kier alpha value is -1.81. The van der Waals surface area contributed by atoms with E-state index < -0.39 is 0 Å². The minimum Gasteiger partial charge on any atom is -0.374 e. The van der Waals surface area contributed by atoms with E-state index in [1.165, 1.54) is 0 Å². The van der Waals surface area contributed by atoms with Crippen molar-refractivity contribution in [3.63, 3.8) is 0 Å². The summed E-state index contributed by atoms with van der Waals surface area (Å²) in [5, 5.41) is 6.77. The summed E-state index contributed by atoms with van der Waals surface area (Å²) < 4.78 is 5.56. The van der Waals surface area contributed by atoms with Gasteiger partial charge in [-0.1, -0.05) is 37.8 Å². The van der Waals surface area contributed by atoms with Gasteiger partial charge in [0.2, 0.25) is 5.96 Å². The topological polar surface area (TPSA) is 55.6 Å². The van der Waals surface area contributed by atoms with Crippen LogP contribution in [-0.2, 0) is 4.74 Å². The van der Waals surface area contributed by atoms with Crippen molar-refractivity contribution in [1.29, 1.82) is 0 Å². The van der Waals surface area contributed by atoms with Crippen molar-refractivity contribution >= 4 is 5.96 Å². The Kier molecular flexibility index (Phi) is 6.58. The van der Waals surface area contributed by atoms with E-state index in [0.717, 1.165) is 24.6 Å². The molecule has 2 N–H and O–H groups in total. The first-order valence-corrected chi connectivity index (χ1v) is 6.15. The molecule has 1 rings (SSSR count). The molecular formula is C14H21N3O. The molecule has 1 heterocycles. The van der Waals surface area contributed by atoms with Gasteiger partial charge < -0.3 is 10.1 Å². The number of rotatable bonds is 8. The first-order valence-electron chi connectivity index (χ1n) is 6.15. The summed E-state index contributed by atoms with van der Waals surface area (Å²) in [4.78, 5) is 0. The third-order valence-corrected chi connectivity index (χ3v) is 2.17. The summed E-state index contributed by atoms with van der Waals surface area (Å²) in [6.45, 7) is 8.62. The predicted molar refractivity (Wildman–Crippen MR) is 76.0 cm³/mol. The van der Waals surface area contributed by atoms with Gasteiger partial charge in [-0.05, 0) is 25.0 Å². The number of ether oxygens (including phenoxy) is 1. The fourth-order valence-electron chi connectivity index (χ4n) is 1.22. The largest absolute Gasteiger partial charge is 0.374 e. The quantitative estimate of drug-likeness (QED) is 0.648. The Balaban J connectivity index is 2.42. The second-order valence-electron chi connectivity index (χ2n) is 3.89. The molecule has 0 radical (unpaired) electrons. The van der Waals surface area contributed by atoms with Gasteiger partial charge in [-0.2, -0.15) is 0 Å². The molecule has 4 nitrogen and oxygen atoms in total. The summed E-state index contributed by atoms with van der Waals surface area (Å²) in [6, 6.07) is 0. The van der Waals surface area contributed by atoms with Crippen LogP contribution in [0, 0.1) is 0 Å². The first-order chi connectivity index (χ1) is 8.76. The number of allylic oxidation sites excluding steroid dienone is 5. The van der Waals surface area contributed by atoms with Gasteiger partial charge >= 0.3 is 0 Å². The monoisotopic (exact) mass is 247 g/mol. The van der Waals surface area contributed by atoms with Crippen LogP contribution in [0.5, 0.6) is 0 Å². The molecule has 0 saturated carbocycles. The van der Waals surface area contributed by atoms with Crippen molar-refractivity contribution in [3.8, 4) is 0 Å². The fraction of sp³-hybridized carbons (Fsp3) is 0.357. The maximum absolute atomic E-state index is 5.56. The van der Waals surface area contributed by atoms with Gasteiger partial charge in [-0.15, -0.1) is 5.10 Å². The highest BCUT2D eigenvalue weighted by Crippen LogP contribution is 2.03. The summed E-state index contributed by atoms with van der Waals surface area (Å²) in [6.07, 6.45) is 12.7. The molecule has 0 spiro atoms. The second-order valence-corrected chi connectivity index (χ2v) is 3.89. The average molecular weight is 247 g/mol. The third-order valence-electron chi connectivity index (χ3n) is 2.17. The highest BCUT2D eigenvalue weighted by Gasteiger charge is 2.03. The smallest absolute Gasteiger partial charge is 0.238 e. The lowest BCUT2D eigenvalue weighted by atomic mass is 10.2. The van der Waals surface area contributed by atoms with Crippen LogP contribution in [0.2, 0.25) is 0 Å². The minimum absolute atomic E-state index is 0.119. The Morgan fingerprint density at radius 2 is 2.33 bits per heavy atom. The molecule has 0 aromatic carbocycles. The molecule has 0 saturated heterocycles. The Morgan fingerprint density at radius 3 is 2.94 bits per heavy atom. The number of nitrogens with one attached hydrogen (secondary N) is 2. The van der Waals surface area contributed by atoms with E-state index in [0.29, 0.717) is 0 Å². The van der Waals surface area contributed by atoms with Gasteiger partial charge in [0.1, 0.15) is 0 Å². The SMILES string of the molecule is C=C/C=C(\C=C/C(C)OCCC)/C=C/NC1=NN1. The van der Waals surface area contributed by atoms with Crippen molar-refractivity contribution in [2.24, 2.45) is 5.10 Å². The minimum atomic E-state index is 0.119. The van der Waals surface area contributed by atoms with Crippen molar-refractivity contribution < 1.29 is 4.74 Å². The average Bonchev–Trinajstić information content (AvgIpc) is 3.17. The van der Waals surface area contributed by atoms with Gasteiger partial charge in [0.25, 0.3) is 0 Å². The van der Waals surface area contributed by atoms with E-state index in [4.69, 9.17) is 4.74 Å². The zero-order valence-electron chi connectivity index (χ0n) is 11.0. The van der Waals surface area contributed by atoms with E-state index in [1.807, 2.05) is 37.4 Å². The standard InChI is InChI=1S/C14H21N3O/c1-4-6-13(9-10-15-14-16-17-14)8-7-12(3)18-11-5-2/h4,6-10,12H,1,5,11H2,2-3H3,(H2,15,16,17)/b8-7-,10-9+,13-6+. The van der Waals surface area contributed by atoms with Crippen molar-refractivity contribution in [2.45, 2.75) is 26.4 Å². The van der Waals surface area contributed by atoms with Crippen LogP contribution in [-0.4, -0.2) is 18.7 Å². The maximum atomic E-state index is 5.56. The van der Waals surface area contributed by atoms with Crippen LogP contribution in [0.4, 0.5) is 0 Å². The van der Waals surface area contributed by atoms with E-state index in [1.54, 1.807) is 6.08 Å². The van der Waals surface area contributed by atoms with Crippen LogP contribution in [0.15, 0.2) is 53.8 Å². The molecule has 0 aliphatic carbocycles. The number of hydrazone groups is 1. The highest BCUT2D eigenvalue weighted by molar-refractivity contribution is 5.89. The van der Waals surface area contributed by atoms with Gasteiger partial charge in [0.05, 0.1) is 6.10 Å². The lowest BCUT2D eigenvalue weighted by Crippen LogP contribution is -2.11. The number of hydrogen-bond donors (Lipinski definition) is 2. The van der Waals surface area contributed by atoms with Gasteiger partial charge in [0.15, 0.2) is 0 Å². The van der Waals surface area contributed by atoms with Gasteiger partial charge in [-0.3, -0.25) is 0 Å². The maximum Gasteiger partial charge on any atom is 0.238 e. The van der Waals surface area contributed by atoms with E-state index in [2.05, 4.69) is 29.3 Å². The Labute approximate surface area is 109 Å². The summed E-state index contributed by atoms with van der Waals surface area (Å²) >= 11 is 0. The zero-order valence-corrected chi connectivity index (χ0v) is 11.0. The van der Waals surface area contributed by atoms with E-state index >= 15 is 0 Å². The number of nitrogens with zero attached hydrogens (tertiary/aromatic N) is 1. The molecule has 18 heavy (non-hydrogen) atoms. The van der Waals surface area contributed by atoms with Crippen LogP contribution in [0.25, 0.3) is 0 Å². The Bertz CT molecular complexity index is 381. The van der Waals surface area contributed by atoms with E-state index in [-0.39, 0.29) is 6.10 Å². The fourth-order valence-corrected chi connectivity index (χ4v) is 1.22. The normalized spacial score (nSPS) is 16.6. The number of guanidine groups is 1. The van der Waals surface area contributed by atoms with Crippen LogP contribution in [0.3, 0.4) is 0 Å². The first kappa shape index (κ1) is 14.3. The Morgan fingerprint density at radius 1 is 1.56 bits per heavy atom. The molecule has 1 aliphatic heterocycles. The van der Waals surface area contributed by atoms with Gasteiger partial charge in [-0.25, -0.2) is 5.43 Å². The molecule has 1 aliphatic rings. The predicted octanol–water partition coefficient (Wildman–Crippen LogP) is 2.45. The lowest BCUT2D eigenvalue weighted by Gasteiger charge is -2.06. The molecule has 0 aromatic heterocycles. The highest BCUT2D eigenvalue weighted by atomic mass is 16.5. The molecule has 0 bridgehead atoms. The summed E-state index contributed by atoms with van der Waals surface area (Å²) in [7, 11) is 0. The van der Waals surface area contributed by atoms with E-state index in [9.17, 15) is 0 Å². The molecular weight excluding hydrogens is 226 g/mol. The molecule has 1 unspecified atom stereocenters.